The molecule has 1 aromatic carbocycles. The van der Waals surface area contributed by atoms with Gasteiger partial charge >= 0.3 is 0 Å². The van der Waals surface area contributed by atoms with Gasteiger partial charge in [-0.1, -0.05) is 31.3 Å². The van der Waals surface area contributed by atoms with E-state index in [1.54, 1.807) is 25.3 Å². The number of anilines is 1. The van der Waals surface area contributed by atoms with Crippen LogP contribution in [0.2, 0.25) is 0 Å². The lowest BCUT2D eigenvalue weighted by atomic mass is 9.88. The molecule has 0 radical (unpaired) electrons. The first kappa shape index (κ1) is 19.1. The average Bonchev–Trinajstić information content (AvgIpc) is 3.09. The van der Waals surface area contributed by atoms with Crippen LogP contribution in [0.5, 0.6) is 11.5 Å². The van der Waals surface area contributed by atoms with Gasteiger partial charge in [0.2, 0.25) is 5.13 Å². The number of hydrogen-bond acceptors (Lipinski definition) is 7. The van der Waals surface area contributed by atoms with Crippen LogP contribution in [0.15, 0.2) is 18.2 Å². The molecule has 0 bridgehead atoms. The molecule has 0 saturated heterocycles. The summed E-state index contributed by atoms with van der Waals surface area (Å²) in [4.78, 5) is 12.7. The maximum absolute atomic E-state index is 12.7. The van der Waals surface area contributed by atoms with E-state index in [1.165, 1.54) is 25.6 Å². The van der Waals surface area contributed by atoms with Crippen LogP contribution < -0.4 is 14.8 Å². The monoisotopic (exact) mass is 365 g/mol. The summed E-state index contributed by atoms with van der Waals surface area (Å²) in [5, 5.41) is 12.2. The fraction of sp³-hybridized carbons (Fsp3) is 0.471. The zero-order valence-corrected chi connectivity index (χ0v) is 16.1. The van der Waals surface area contributed by atoms with Crippen LogP contribution in [0, 0.1) is 0 Å². The molecule has 0 fully saturated rings. The average molecular weight is 365 g/mol. The molecule has 1 atom stereocenters. The van der Waals surface area contributed by atoms with E-state index in [9.17, 15) is 4.79 Å². The molecule has 8 heteroatoms. The molecule has 1 unspecified atom stereocenters. The van der Waals surface area contributed by atoms with Gasteiger partial charge < -0.3 is 14.2 Å². The predicted molar refractivity (Wildman–Crippen MR) is 96.9 cm³/mol. The van der Waals surface area contributed by atoms with E-state index < -0.39 is 0 Å². The molecule has 0 spiro atoms. The Balaban J connectivity index is 2.26. The molecule has 25 heavy (non-hydrogen) atoms. The number of nitrogens with zero attached hydrogens (tertiary/aromatic N) is 2. The minimum Gasteiger partial charge on any atom is -0.496 e. The molecule has 0 aliphatic heterocycles. The van der Waals surface area contributed by atoms with Crippen molar-refractivity contribution in [2.75, 3.05) is 26.6 Å². The minimum atomic E-state index is -0.366. The molecule has 1 heterocycles. The van der Waals surface area contributed by atoms with Gasteiger partial charge in [0.1, 0.15) is 22.1 Å². The Morgan fingerprint density at radius 1 is 1.16 bits per heavy atom. The van der Waals surface area contributed by atoms with Gasteiger partial charge in [0.25, 0.3) is 5.91 Å². The predicted octanol–water partition coefficient (Wildman–Crippen LogP) is 3.12. The molecule has 1 N–H and O–H groups in total. The molecule has 136 valence electrons. The number of amides is 1. The molecule has 0 aliphatic rings. The van der Waals surface area contributed by atoms with Crippen molar-refractivity contribution >= 4 is 22.4 Å². The highest BCUT2D eigenvalue weighted by atomic mass is 32.1. The summed E-state index contributed by atoms with van der Waals surface area (Å²) in [6.07, 6.45) is -0.0432. The Bertz CT molecular complexity index is 723. The summed E-state index contributed by atoms with van der Waals surface area (Å²) in [5.74, 6) is 0.486. The third-order valence-electron chi connectivity index (χ3n) is 4.22. The molecule has 2 aromatic rings. The third-order valence-corrected chi connectivity index (χ3v) is 5.40. The van der Waals surface area contributed by atoms with E-state index in [1.807, 2.05) is 20.8 Å². The molecular formula is C17H23N3O4S. The van der Waals surface area contributed by atoms with Crippen molar-refractivity contribution in [2.45, 2.75) is 32.3 Å². The van der Waals surface area contributed by atoms with Gasteiger partial charge in [-0.3, -0.25) is 10.1 Å². The highest BCUT2D eigenvalue weighted by molar-refractivity contribution is 7.15. The molecule has 2 rings (SSSR count). The van der Waals surface area contributed by atoms with Crippen molar-refractivity contribution in [3.63, 3.8) is 0 Å². The highest BCUT2D eigenvalue weighted by Crippen LogP contribution is 2.34. The van der Waals surface area contributed by atoms with E-state index in [4.69, 9.17) is 14.2 Å². The van der Waals surface area contributed by atoms with E-state index in [-0.39, 0.29) is 17.4 Å². The Morgan fingerprint density at radius 2 is 1.76 bits per heavy atom. The summed E-state index contributed by atoms with van der Waals surface area (Å²) in [5.41, 5.74) is -0.00823. The topological polar surface area (TPSA) is 82.6 Å². The number of aromatic nitrogens is 2. The number of carbonyl (C=O) groups excluding carboxylic acids is 1. The van der Waals surface area contributed by atoms with Gasteiger partial charge in [0, 0.05) is 12.5 Å². The van der Waals surface area contributed by atoms with Crippen molar-refractivity contribution in [3.05, 3.63) is 28.8 Å². The number of methoxy groups -OCH3 is 3. The lowest BCUT2D eigenvalue weighted by Gasteiger charge is -2.27. The number of nitrogens with one attached hydrogen (secondary N) is 1. The van der Waals surface area contributed by atoms with E-state index >= 15 is 0 Å². The van der Waals surface area contributed by atoms with Crippen molar-refractivity contribution in [1.82, 2.24) is 10.2 Å². The van der Waals surface area contributed by atoms with Gasteiger partial charge in [0.15, 0.2) is 0 Å². The number of hydrogen-bond donors (Lipinski definition) is 1. The summed E-state index contributed by atoms with van der Waals surface area (Å²) in [7, 11) is 4.66. The fourth-order valence-electron chi connectivity index (χ4n) is 2.24. The SMILES string of the molecule is COc1cccc(OC)c1C(=O)Nc1nnc(C(C)(C)C(C)OC)s1. The van der Waals surface area contributed by atoms with E-state index in [0.717, 1.165) is 5.01 Å². The largest absolute Gasteiger partial charge is 0.496 e. The molecule has 0 aliphatic carbocycles. The second-order valence-corrected chi connectivity index (χ2v) is 6.98. The molecular weight excluding hydrogens is 342 g/mol. The normalized spacial score (nSPS) is 12.6. The van der Waals surface area contributed by atoms with Crippen molar-refractivity contribution in [1.29, 1.82) is 0 Å². The van der Waals surface area contributed by atoms with E-state index in [2.05, 4.69) is 15.5 Å². The van der Waals surface area contributed by atoms with Crippen LogP contribution in [0.3, 0.4) is 0 Å². The fourth-order valence-corrected chi connectivity index (χ4v) is 3.16. The van der Waals surface area contributed by atoms with Gasteiger partial charge in [-0.05, 0) is 19.1 Å². The highest BCUT2D eigenvalue weighted by Gasteiger charge is 2.32. The Kier molecular flexibility index (Phi) is 5.97. The third kappa shape index (κ3) is 3.91. The Labute approximate surface area is 151 Å². The number of ether oxygens (including phenoxy) is 3. The van der Waals surface area contributed by atoms with Crippen molar-refractivity contribution in [2.24, 2.45) is 0 Å². The lowest BCUT2D eigenvalue weighted by molar-refractivity contribution is 0.0604. The number of benzene rings is 1. The maximum Gasteiger partial charge on any atom is 0.265 e. The van der Waals surface area contributed by atoms with Crippen LogP contribution in [0.1, 0.15) is 36.1 Å². The Hall–Kier alpha value is -2.19. The second kappa shape index (κ2) is 7.79. The first-order valence-electron chi connectivity index (χ1n) is 7.74. The minimum absolute atomic E-state index is 0.0432. The van der Waals surface area contributed by atoms with E-state index in [0.29, 0.717) is 22.2 Å². The summed E-state index contributed by atoms with van der Waals surface area (Å²) >= 11 is 1.32. The number of carbonyl (C=O) groups is 1. The second-order valence-electron chi connectivity index (χ2n) is 6.00. The molecule has 1 aromatic heterocycles. The van der Waals surface area contributed by atoms with Crippen molar-refractivity contribution < 1.29 is 19.0 Å². The first-order valence-corrected chi connectivity index (χ1v) is 8.55. The maximum atomic E-state index is 12.7. The first-order chi connectivity index (χ1) is 11.8. The van der Waals surface area contributed by atoms with Crippen LogP contribution in [0.25, 0.3) is 0 Å². The molecule has 1 amide bonds. The van der Waals surface area contributed by atoms with Crippen LogP contribution >= 0.6 is 11.3 Å². The Morgan fingerprint density at radius 3 is 2.28 bits per heavy atom. The standard InChI is InChI=1S/C17H23N3O4S/c1-10(22-4)17(2,3)15-19-20-16(25-15)18-14(21)13-11(23-5)8-7-9-12(13)24-6/h7-10H,1-6H3,(H,18,20,21). The van der Waals surface area contributed by atoms with Gasteiger partial charge in [-0.25, -0.2) is 0 Å². The zero-order valence-electron chi connectivity index (χ0n) is 15.2. The van der Waals surface area contributed by atoms with Crippen LogP contribution in [0.4, 0.5) is 5.13 Å². The van der Waals surface area contributed by atoms with Crippen molar-refractivity contribution in [3.8, 4) is 11.5 Å². The van der Waals surface area contributed by atoms with Crippen LogP contribution in [-0.4, -0.2) is 43.5 Å². The number of rotatable bonds is 7. The summed E-state index contributed by atoms with van der Waals surface area (Å²) < 4.78 is 15.9. The smallest absolute Gasteiger partial charge is 0.265 e. The quantitative estimate of drug-likeness (QED) is 0.812. The molecule has 0 saturated carbocycles. The van der Waals surface area contributed by atoms with Gasteiger partial charge in [-0.2, -0.15) is 0 Å². The summed E-state index contributed by atoms with van der Waals surface area (Å²) in [6, 6.07) is 5.16. The lowest BCUT2D eigenvalue weighted by Crippen LogP contribution is -2.32. The van der Waals surface area contributed by atoms with Gasteiger partial charge in [0.05, 0.1) is 20.3 Å². The zero-order chi connectivity index (χ0) is 18.6. The summed E-state index contributed by atoms with van der Waals surface area (Å²) in [6.45, 7) is 6.02. The van der Waals surface area contributed by atoms with Gasteiger partial charge in [-0.15, -0.1) is 10.2 Å². The van der Waals surface area contributed by atoms with Crippen LogP contribution in [-0.2, 0) is 10.2 Å². The molecule has 7 nitrogen and oxygen atoms in total.